The fraction of sp³-hybridized carbons (Fsp3) is 0.538. The van der Waals surface area contributed by atoms with Crippen LogP contribution in [0.4, 0.5) is 0 Å². The summed E-state index contributed by atoms with van der Waals surface area (Å²) in [5.41, 5.74) is 3.32. The lowest BCUT2D eigenvalue weighted by Gasteiger charge is -2.20. The molecule has 0 saturated carbocycles. The Balaban J connectivity index is 3.18. The van der Waals surface area contributed by atoms with Gasteiger partial charge < -0.3 is 14.2 Å². The smallest absolute Gasteiger partial charge is 0.164 e. The number of rotatable bonds is 8. The summed E-state index contributed by atoms with van der Waals surface area (Å²) in [5, 5.41) is 0. The third kappa shape index (κ3) is 4.76. The van der Waals surface area contributed by atoms with Gasteiger partial charge in [0.2, 0.25) is 0 Å². The molecule has 0 heterocycles. The van der Waals surface area contributed by atoms with Gasteiger partial charge in [0.1, 0.15) is 15.6 Å². The van der Waals surface area contributed by atoms with Crippen LogP contribution in [0.2, 0.25) is 0 Å². The summed E-state index contributed by atoms with van der Waals surface area (Å²) < 4.78 is 38.4. The lowest BCUT2D eigenvalue weighted by atomic mass is 10.0. The summed E-state index contributed by atoms with van der Waals surface area (Å²) in [7, 11) is 1.50. The molecule has 3 N–H and O–H groups in total. The number of hydrogen-bond donors (Lipinski definition) is 2. The molecule has 21 heavy (non-hydrogen) atoms. The van der Waals surface area contributed by atoms with Crippen molar-refractivity contribution >= 4 is 9.84 Å². The molecular formula is C13H22N2O5S. The van der Waals surface area contributed by atoms with Crippen LogP contribution in [0.25, 0.3) is 0 Å². The molecule has 120 valence electrons. The summed E-state index contributed by atoms with van der Waals surface area (Å²) in [5.74, 6) is 7.15. The normalized spacial score (nSPS) is 12.8. The first-order valence-corrected chi connectivity index (χ1v) is 8.36. The van der Waals surface area contributed by atoms with Crippen molar-refractivity contribution in [2.45, 2.75) is 12.5 Å². The van der Waals surface area contributed by atoms with Gasteiger partial charge in [-0.3, -0.25) is 11.3 Å². The topological polar surface area (TPSA) is 99.9 Å². The van der Waals surface area contributed by atoms with E-state index in [-0.39, 0.29) is 11.8 Å². The van der Waals surface area contributed by atoms with Crippen LogP contribution in [0.15, 0.2) is 12.1 Å². The van der Waals surface area contributed by atoms with Crippen molar-refractivity contribution in [3.8, 4) is 17.2 Å². The first kappa shape index (κ1) is 17.5. The predicted octanol–water partition coefficient (Wildman–Crippen LogP) is 0.652. The van der Waals surface area contributed by atoms with Gasteiger partial charge in [-0.1, -0.05) is 0 Å². The van der Waals surface area contributed by atoms with Crippen molar-refractivity contribution in [1.29, 1.82) is 0 Å². The Morgan fingerprint density at radius 3 is 2.05 bits per heavy atom. The van der Waals surface area contributed by atoms with Gasteiger partial charge in [-0.2, -0.15) is 0 Å². The van der Waals surface area contributed by atoms with E-state index in [1.165, 1.54) is 27.6 Å². The van der Waals surface area contributed by atoms with Crippen LogP contribution in [-0.2, 0) is 9.84 Å². The van der Waals surface area contributed by atoms with E-state index in [2.05, 4.69) is 5.43 Å². The quantitative estimate of drug-likeness (QED) is 0.536. The van der Waals surface area contributed by atoms with E-state index < -0.39 is 9.84 Å². The molecule has 1 rings (SSSR count). The Morgan fingerprint density at radius 2 is 1.62 bits per heavy atom. The lowest BCUT2D eigenvalue weighted by molar-refractivity contribution is 0.344. The Bertz CT molecular complexity index is 574. The third-order valence-electron chi connectivity index (χ3n) is 3.09. The number of methoxy groups -OCH3 is 3. The van der Waals surface area contributed by atoms with Gasteiger partial charge in [-0.05, 0) is 12.5 Å². The molecule has 0 fully saturated rings. The van der Waals surface area contributed by atoms with E-state index in [1.807, 2.05) is 0 Å². The molecule has 0 amide bonds. The second kappa shape index (κ2) is 7.48. The Morgan fingerprint density at radius 1 is 1.10 bits per heavy atom. The van der Waals surface area contributed by atoms with Gasteiger partial charge in [0.15, 0.2) is 11.5 Å². The fourth-order valence-corrected chi connectivity index (χ4v) is 2.65. The highest BCUT2D eigenvalue weighted by Crippen LogP contribution is 2.38. The van der Waals surface area contributed by atoms with Crippen LogP contribution in [0.1, 0.15) is 18.0 Å². The van der Waals surface area contributed by atoms with Crippen molar-refractivity contribution in [2.75, 3.05) is 33.3 Å². The summed E-state index contributed by atoms with van der Waals surface area (Å²) in [6.07, 6.45) is 1.51. The molecule has 7 nitrogen and oxygen atoms in total. The highest BCUT2D eigenvalue weighted by atomic mass is 32.2. The minimum atomic E-state index is -3.08. The van der Waals surface area contributed by atoms with Crippen LogP contribution in [0, 0.1) is 0 Å². The maximum Gasteiger partial charge on any atom is 0.164 e. The van der Waals surface area contributed by atoms with E-state index in [4.69, 9.17) is 20.1 Å². The highest BCUT2D eigenvalue weighted by Gasteiger charge is 2.20. The monoisotopic (exact) mass is 318 g/mol. The zero-order chi connectivity index (χ0) is 16.0. The number of nitrogens with one attached hydrogen (secondary N) is 1. The van der Waals surface area contributed by atoms with Crippen LogP contribution in [0.5, 0.6) is 17.2 Å². The van der Waals surface area contributed by atoms with Gasteiger partial charge in [0.25, 0.3) is 0 Å². The van der Waals surface area contributed by atoms with Gasteiger partial charge in [0.05, 0.1) is 33.1 Å². The fourth-order valence-electron chi connectivity index (χ4n) is 1.99. The van der Waals surface area contributed by atoms with Crippen molar-refractivity contribution in [1.82, 2.24) is 5.43 Å². The van der Waals surface area contributed by atoms with Gasteiger partial charge >= 0.3 is 0 Å². The molecule has 0 spiro atoms. The maximum atomic E-state index is 11.3. The number of sulfone groups is 1. The molecule has 8 heteroatoms. The number of hydrazine groups is 1. The standard InChI is InChI=1S/C13H22N2O5S/c1-18-11-8-13(20-3)12(19-2)7-9(11)10(15-14)5-6-21(4,16)17/h7-8,10,15H,5-6,14H2,1-4H3. The van der Waals surface area contributed by atoms with Gasteiger partial charge in [0, 0.05) is 17.9 Å². The van der Waals surface area contributed by atoms with Crippen LogP contribution < -0.4 is 25.5 Å². The van der Waals surface area contributed by atoms with E-state index in [0.717, 1.165) is 0 Å². The minimum absolute atomic E-state index is 0.0133. The SMILES string of the molecule is COc1cc(OC)c(C(CCS(C)(=O)=O)NN)cc1OC. The molecule has 0 aliphatic heterocycles. The van der Waals surface area contributed by atoms with Crippen LogP contribution >= 0.6 is 0 Å². The number of benzene rings is 1. The second-order valence-corrected chi connectivity index (χ2v) is 6.85. The average Bonchev–Trinajstić information content (AvgIpc) is 2.45. The Hall–Kier alpha value is -1.51. The van der Waals surface area contributed by atoms with Gasteiger partial charge in [-0.25, -0.2) is 8.42 Å². The summed E-state index contributed by atoms with van der Waals surface area (Å²) >= 11 is 0. The number of nitrogens with two attached hydrogens (primary N) is 1. The molecule has 0 saturated heterocycles. The molecule has 0 aromatic heterocycles. The first-order valence-electron chi connectivity index (χ1n) is 6.30. The van der Waals surface area contributed by atoms with E-state index in [1.54, 1.807) is 12.1 Å². The summed E-state index contributed by atoms with van der Waals surface area (Å²) in [6, 6.07) is 3.03. The predicted molar refractivity (Wildman–Crippen MR) is 80.5 cm³/mol. The van der Waals surface area contributed by atoms with Crippen molar-refractivity contribution in [2.24, 2.45) is 5.84 Å². The molecule has 0 aliphatic carbocycles. The van der Waals surface area contributed by atoms with Gasteiger partial charge in [-0.15, -0.1) is 0 Å². The zero-order valence-corrected chi connectivity index (χ0v) is 13.5. The third-order valence-corrected chi connectivity index (χ3v) is 4.07. The van der Waals surface area contributed by atoms with Crippen molar-refractivity contribution in [3.05, 3.63) is 17.7 Å². The average molecular weight is 318 g/mol. The molecule has 0 bridgehead atoms. The number of ether oxygens (including phenoxy) is 3. The molecule has 1 unspecified atom stereocenters. The highest BCUT2D eigenvalue weighted by molar-refractivity contribution is 7.90. The van der Waals surface area contributed by atoms with E-state index in [0.29, 0.717) is 29.2 Å². The Labute approximate surface area is 125 Å². The largest absolute Gasteiger partial charge is 0.496 e. The summed E-state index contributed by atoms with van der Waals surface area (Å²) in [6.45, 7) is 0. The van der Waals surface area contributed by atoms with Crippen LogP contribution in [-0.4, -0.2) is 41.8 Å². The maximum absolute atomic E-state index is 11.3. The Kier molecular flexibility index (Phi) is 6.25. The second-order valence-electron chi connectivity index (χ2n) is 4.59. The van der Waals surface area contributed by atoms with E-state index >= 15 is 0 Å². The minimum Gasteiger partial charge on any atom is -0.496 e. The molecular weight excluding hydrogens is 296 g/mol. The molecule has 1 aromatic carbocycles. The molecule has 0 aliphatic rings. The van der Waals surface area contributed by atoms with Crippen LogP contribution in [0.3, 0.4) is 0 Å². The molecule has 1 aromatic rings. The van der Waals surface area contributed by atoms with Crippen molar-refractivity contribution in [3.63, 3.8) is 0 Å². The molecule has 0 radical (unpaired) electrons. The number of hydrogen-bond acceptors (Lipinski definition) is 7. The molecule has 1 atom stereocenters. The van der Waals surface area contributed by atoms with E-state index in [9.17, 15) is 8.42 Å². The van der Waals surface area contributed by atoms with Crippen molar-refractivity contribution < 1.29 is 22.6 Å². The first-order chi connectivity index (χ1) is 9.86. The zero-order valence-electron chi connectivity index (χ0n) is 12.7. The lowest BCUT2D eigenvalue weighted by Crippen LogP contribution is -2.30. The summed E-state index contributed by atoms with van der Waals surface area (Å²) in [4.78, 5) is 0.